The van der Waals surface area contributed by atoms with Crippen molar-refractivity contribution >= 4 is 0 Å². The maximum Gasteiger partial charge on any atom is 0.573 e. The molecule has 0 saturated carbocycles. The molecule has 0 fully saturated rings. The topological polar surface area (TPSA) is 45.9 Å². The molecule has 0 amide bonds. The van der Waals surface area contributed by atoms with E-state index in [4.69, 9.17) is 5.26 Å². The van der Waals surface area contributed by atoms with Gasteiger partial charge in [0.2, 0.25) is 0 Å². The van der Waals surface area contributed by atoms with Gasteiger partial charge in [0.1, 0.15) is 0 Å². The van der Waals surface area contributed by atoms with E-state index >= 15 is 0 Å². The summed E-state index contributed by atoms with van der Waals surface area (Å²) < 4.78 is 39.2. The average molecular weight is 202 g/mol. The minimum absolute atomic E-state index is 0.145. The molecular formula is C8H5F3N2O. The Morgan fingerprint density at radius 1 is 1.50 bits per heavy atom. The normalized spacial score (nSPS) is 10.7. The van der Waals surface area contributed by atoms with Gasteiger partial charge in [0.25, 0.3) is 0 Å². The molecule has 14 heavy (non-hydrogen) atoms. The lowest BCUT2D eigenvalue weighted by atomic mass is 10.2. The summed E-state index contributed by atoms with van der Waals surface area (Å²) in [6.07, 6.45) is -2.67. The van der Waals surface area contributed by atoms with Gasteiger partial charge in [-0.05, 0) is 6.07 Å². The summed E-state index contributed by atoms with van der Waals surface area (Å²) in [5.74, 6) is -0.429. The number of ether oxygens (including phenoxy) is 1. The molecule has 0 aliphatic carbocycles. The van der Waals surface area contributed by atoms with Crippen LogP contribution < -0.4 is 4.74 Å². The van der Waals surface area contributed by atoms with E-state index in [0.29, 0.717) is 0 Å². The second-order valence-electron chi connectivity index (χ2n) is 2.37. The van der Waals surface area contributed by atoms with E-state index in [9.17, 15) is 13.2 Å². The van der Waals surface area contributed by atoms with Gasteiger partial charge < -0.3 is 4.74 Å². The molecule has 0 saturated heterocycles. The van der Waals surface area contributed by atoms with Crippen molar-refractivity contribution in [2.24, 2.45) is 0 Å². The van der Waals surface area contributed by atoms with Gasteiger partial charge in [-0.2, -0.15) is 5.26 Å². The van der Waals surface area contributed by atoms with Crippen molar-refractivity contribution in [1.82, 2.24) is 4.98 Å². The molecule has 0 unspecified atom stereocenters. The molecule has 0 aliphatic rings. The third kappa shape index (κ3) is 2.94. The van der Waals surface area contributed by atoms with Gasteiger partial charge in [0.15, 0.2) is 5.75 Å². The quantitative estimate of drug-likeness (QED) is 0.737. The Bertz CT molecular complexity index is 356. The van der Waals surface area contributed by atoms with E-state index in [2.05, 4.69) is 9.72 Å². The van der Waals surface area contributed by atoms with Crippen LogP contribution >= 0.6 is 0 Å². The zero-order chi connectivity index (χ0) is 10.6. The number of hydrogen-bond donors (Lipinski definition) is 0. The van der Waals surface area contributed by atoms with Crippen LogP contribution in [-0.4, -0.2) is 11.3 Å². The van der Waals surface area contributed by atoms with E-state index in [1.54, 1.807) is 6.07 Å². The van der Waals surface area contributed by atoms with Crippen LogP contribution in [0.25, 0.3) is 0 Å². The Morgan fingerprint density at radius 2 is 2.21 bits per heavy atom. The highest BCUT2D eigenvalue weighted by Gasteiger charge is 2.32. The number of nitriles is 1. The molecule has 0 spiro atoms. The molecule has 1 aromatic heterocycles. The first kappa shape index (κ1) is 10.3. The molecule has 0 aromatic carbocycles. The maximum absolute atomic E-state index is 11.8. The molecule has 0 bridgehead atoms. The summed E-state index contributed by atoms with van der Waals surface area (Å²) in [7, 11) is 0. The van der Waals surface area contributed by atoms with Crippen LogP contribution in [0, 0.1) is 11.3 Å². The minimum atomic E-state index is -4.76. The smallest absolute Gasteiger partial charge is 0.404 e. The van der Waals surface area contributed by atoms with Crippen LogP contribution in [-0.2, 0) is 6.42 Å². The van der Waals surface area contributed by atoms with Gasteiger partial charge in [0, 0.05) is 11.8 Å². The summed E-state index contributed by atoms with van der Waals surface area (Å²) in [5.41, 5.74) is 0.167. The van der Waals surface area contributed by atoms with Crippen molar-refractivity contribution < 1.29 is 17.9 Å². The first-order chi connectivity index (χ1) is 6.53. The Hall–Kier alpha value is -1.77. The Labute approximate surface area is 77.7 Å². The lowest BCUT2D eigenvalue weighted by Crippen LogP contribution is -2.18. The standard InChI is InChI=1S/C8H5F3N2O/c9-8(10,11)14-7-5-13-4-2-6(7)1-3-12/h2,4-5H,1H2. The summed E-state index contributed by atoms with van der Waals surface area (Å²) in [6, 6.07) is 3.04. The molecular weight excluding hydrogens is 197 g/mol. The highest BCUT2D eigenvalue weighted by atomic mass is 19.4. The van der Waals surface area contributed by atoms with Crippen molar-refractivity contribution in [1.29, 1.82) is 5.26 Å². The van der Waals surface area contributed by atoms with Crippen molar-refractivity contribution in [2.45, 2.75) is 12.8 Å². The number of pyridine rings is 1. The highest BCUT2D eigenvalue weighted by Crippen LogP contribution is 2.25. The van der Waals surface area contributed by atoms with Gasteiger partial charge in [-0.15, -0.1) is 13.2 Å². The average Bonchev–Trinajstić information content (AvgIpc) is 2.06. The van der Waals surface area contributed by atoms with Crippen LogP contribution in [0.15, 0.2) is 18.5 Å². The fraction of sp³-hybridized carbons (Fsp3) is 0.250. The van der Waals surface area contributed by atoms with Crippen molar-refractivity contribution in [3.05, 3.63) is 24.0 Å². The van der Waals surface area contributed by atoms with Crippen LogP contribution in [0.3, 0.4) is 0 Å². The molecule has 0 atom stereocenters. The van der Waals surface area contributed by atoms with Crippen LogP contribution in [0.1, 0.15) is 5.56 Å². The molecule has 1 heterocycles. The Balaban J connectivity index is 2.91. The number of hydrogen-bond acceptors (Lipinski definition) is 3. The molecule has 0 N–H and O–H groups in total. The van der Waals surface area contributed by atoms with Crippen molar-refractivity contribution in [2.75, 3.05) is 0 Å². The first-order valence-corrected chi connectivity index (χ1v) is 3.58. The van der Waals surface area contributed by atoms with Gasteiger partial charge in [-0.25, -0.2) is 0 Å². The van der Waals surface area contributed by atoms with Gasteiger partial charge in [-0.1, -0.05) is 0 Å². The molecule has 1 aromatic rings. The second-order valence-corrected chi connectivity index (χ2v) is 2.37. The zero-order valence-electron chi connectivity index (χ0n) is 6.88. The van der Waals surface area contributed by atoms with E-state index < -0.39 is 12.1 Å². The molecule has 0 aliphatic heterocycles. The summed E-state index contributed by atoms with van der Waals surface area (Å²) in [6.45, 7) is 0. The van der Waals surface area contributed by atoms with Crippen LogP contribution in [0.2, 0.25) is 0 Å². The summed E-state index contributed by atoms with van der Waals surface area (Å²) in [4.78, 5) is 3.48. The molecule has 1 rings (SSSR count). The van der Waals surface area contributed by atoms with E-state index in [-0.39, 0.29) is 12.0 Å². The van der Waals surface area contributed by atoms with E-state index in [1.807, 2.05) is 0 Å². The number of aromatic nitrogens is 1. The highest BCUT2D eigenvalue weighted by molar-refractivity contribution is 5.32. The monoisotopic (exact) mass is 202 g/mol. The fourth-order valence-electron chi connectivity index (χ4n) is 0.857. The third-order valence-electron chi connectivity index (χ3n) is 1.37. The van der Waals surface area contributed by atoms with E-state index in [0.717, 1.165) is 6.20 Å². The van der Waals surface area contributed by atoms with Crippen molar-refractivity contribution in [3.8, 4) is 11.8 Å². The number of nitrogens with zero attached hydrogens (tertiary/aromatic N) is 2. The maximum atomic E-state index is 11.8. The molecule has 3 nitrogen and oxygen atoms in total. The predicted molar refractivity (Wildman–Crippen MR) is 40.2 cm³/mol. The van der Waals surface area contributed by atoms with Crippen LogP contribution in [0.5, 0.6) is 5.75 Å². The number of halogens is 3. The van der Waals surface area contributed by atoms with Gasteiger partial charge in [-0.3, -0.25) is 4.98 Å². The minimum Gasteiger partial charge on any atom is -0.404 e. The third-order valence-corrected chi connectivity index (χ3v) is 1.37. The lowest BCUT2D eigenvalue weighted by Gasteiger charge is -2.10. The Morgan fingerprint density at radius 3 is 2.79 bits per heavy atom. The molecule has 6 heteroatoms. The zero-order valence-corrected chi connectivity index (χ0v) is 6.88. The largest absolute Gasteiger partial charge is 0.573 e. The lowest BCUT2D eigenvalue weighted by molar-refractivity contribution is -0.275. The fourth-order valence-corrected chi connectivity index (χ4v) is 0.857. The SMILES string of the molecule is N#CCc1ccncc1OC(F)(F)F. The Kier molecular flexibility index (Phi) is 2.92. The number of rotatable bonds is 2. The molecule has 74 valence electrons. The summed E-state index contributed by atoms with van der Waals surface area (Å²) >= 11 is 0. The van der Waals surface area contributed by atoms with Crippen molar-refractivity contribution in [3.63, 3.8) is 0 Å². The van der Waals surface area contributed by atoms with Gasteiger partial charge >= 0.3 is 6.36 Å². The second kappa shape index (κ2) is 3.96. The first-order valence-electron chi connectivity index (χ1n) is 3.58. The van der Waals surface area contributed by atoms with E-state index in [1.165, 1.54) is 12.3 Å². The van der Waals surface area contributed by atoms with Crippen LogP contribution in [0.4, 0.5) is 13.2 Å². The summed E-state index contributed by atoms with van der Waals surface area (Å²) in [5, 5.41) is 8.34. The predicted octanol–water partition coefficient (Wildman–Crippen LogP) is 2.05. The van der Waals surface area contributed by atoms with Gasteiger partial charge in [0.05, 0.1) is 18.7 Å². The molecule has 0 radical (unpaired) electrons. The number of alkyl halides is 3.